The highest BCUT2D eigenvalue weighted by molar-refractivity contribution is 6.07. The Morgan fingerprint density at radius 2 is 1.71 bits per heavy atom. The highest BCUT2D eigenvalue weighted by Gasteiger charge is 2.44. The van der Waals surface area contributed by atoms with Gasteiger partial charge in [0, 0.05) is 36.1 Å². The first-order valence-electron chi connectivity index (χ1n) is 9.36. The number of hydrogen-bond acceptors (Lipinski definition) is 2. The maximum atomic E-state index is 14.5. The summed E-state index contributed by atoms with van der Waals surface area (Å²) in [6.45, 7) is 3.93. The highest BCUT2D eigenvalue weighted by atomic mass is 19.1. The Morgan fingerprint density at radius 1 is 1.00 bits per heavy atom. The van der Waals surface area contributed by atoms with Gasteiger partial charge in [-0.3, -0.25) is 14.5 Å². The monoisotopic (exact) mass is 381 g/mol. The van der Waals surface area contributed by atoms with Crippen LogP contribution in [0.1, 0.15) is 44.6 Å². The number of halogens is 2. The normalized spacial score (nSPS) is 21.7. The Morgan fingerprint density at radius 3 is 2.39 bits per heavy atom. The second kappa shape index (κ2) is 6.66. The molecule has 0 N–H and O–H groups in total. The fraction of sp³-hybridized carbons (Fsp3) is 0.304. The topological polar surface area (TPSA) is 37.4 Å². The van der Waals surface area contributed by atoms with Gasteiger partial charge in [-0.05, 0) is 29.5 Å². The van der Waals surface area contributed by atoms with Crippen molar-refractivity contribution in [1.29, 1.82) is 0 Å². The van der Waals surface area contributed by atoms with Gasteiger partial charge in [0.15, 0.2) is 5.78 Å². The molecule has 1 amide bonds. The van der Waals surface area contributed by atoms with Crippen LogP contribution in [0.15, 0.2) is 59.8 Å². The van der Waals surface area contributed by atoms with Crippen LogP contribution in [0.2, 0.25) is 0 Å². The van der Waals surface area contributed by atoms with Gasteiger partial charge in [-0.25, -0.2) is 8.78 Å². The molecule has 2 aliphatic rings. The van der Waals surface area contributed by atoms with Crippen molar-refractivity contribution in [3.63, 3.8) is 0 Å². The van der Waals surface area contributed by atoms with E-state index in [0.29, 0.717) is 24.1 Å². The summed E-state index contributed by atoms with van der Waals surface area (Å²) in [5, 5.41) is 0. The quantitative estimate of drug-likeness (QED) is 0.723. The smallest absolute Gasteiger partial charge is 0.232 e. The number of nitrogens with zero attached hydrogens (tertiary/aromatic N) is 1. The highest BCUT2D eigenvalue weighted by Crippen LogP contribution is 2.48. The SMILES string of the molecule is CC1(C)CC(=O)C2=C(C1)N(c1ccc(F)cc1F)C(=O)C[C@@H]2c1ccccc1. The van der Waals surface area contributed by atoms with Crippen LogP contribution < -0.4 is 4.90 Å². The van der Waals surface area contributed by atoms with E-state index in [2.05, 4.69) is 0 Å². The summed E-state index contributed by atoms with van der Waals surface area (Å²) in [6, 6.07) is 12.6. The van der Waals surface area contributed by atoms with Crippen molar-refractivity contribution >= 4 is 17.4 Å². The van der Waals surface area contributed by atoms with Crippen molar-refractivity contribution in [3.05, 3.63) is 77.0 Å². The van der Waals surface area contributed by atoms with Gasteiger partial charge in [0.05, 0.1) is 5.69 Å². The van der Waals surface area contributed by atoms with Crippen LogP contribution in [0.4, 0.5) is 14.5 Å². The van der Waals surface area contributed by atoms with Crippen molar-refractivity contribution in [1.82, 2.24) is 0 Å². The van der Waals surface area contributed by atoms with Crippen molar-refractivity contribution < 1.29 is 18.4 Å². The molecule has 1 aliphatic heterocycles. The molecule has 0 aromatic heterocycles. The fourth-order valence-corrected chi connectivity index (χ4v) is 4.33. The van der Waals surface area contributed by atoms with E-state index in [9.17, 15) is 18.4 Å². The van der Waals surface area contributed by atoms with E-state index in [1.165, 1.54) is 11.0 Å². The molecule has 0 bridgehead atoms. The Kier molecular flexibility index (Phi) is 4.41. The maximum Gasteiger partial charge on any atom is 0.232 e. The first-order chi connectivity index (χ1) is 13.3. The first kappa shape index (κ1) is 18.5. The van der Waals surface area contributed by atoms with Gasteiger partial charge >= 0.3 is 0 Å². The number of carbonyl (C=O) groups excluding carboxylic acids is 2. The molecular formula is C23H21F2NO2. The lowest BCUT2D eigenvalue weighted by molar-refractivity contribution is -0.121. The van der Waals surface area contributed by atoms with E-state index in [1.807, 2.05) is 44.2 Å². The number of carbonyl (C=O) groups is 2. The number of ketones is 1. The van der Waals surface area contributed by atoms with Gasteiger partial charge in [-0.1, -0.05) is 44.2 Å². The lowest BCUT2D eigenvalue weighted by atomic mass is 9.69. The number of hydrogen-bond donors (Lipinski definition) is 0. The zero-order chi connectivity index (χ0) is 20.1. The van der Waals surface area contributed by atoms with E-state index >= 15 is 0 Å². The minimum Gasteiger partial charge on any atom is -0.294 e. The summed E-state index contributed by atoms with van der Waals surface area (Å²) in [5.41, 5.74) is 1.67. The Balaban J connectivity index is 1.92. The number of allylic oxidation sites excluding steroid dienone is 2. The number of anilines is 1. The van der Waals surface area contributed by atoms with E-state index in [4.69, 9.17) is 0 Å². The summed E-state index contributed by atoms with van der Waals surface area (Å²) in [4.78, 5) is 27.5. The second-order valence-electron chi connectivity index (χ2n) is 8.29. The lowest BCUT2D eigenvalue weighted by Crippen LogP contribution is -2.44. The van der Waals surface area contributed by atoms with Crippen LogP contribution in [0.25, 0.3) is 0 Å². The largest absolute Gasteiger partial charge is 0.294 e. The van der Waals surface area contributed by atoms with Crippen LogP contribution >= 0.6 is 0 Å². The van der Waals surface area contributed by atoms with Gasteiger partial charge in [0.1, 0.15) is 11.6 Å². The van der Waals surface area contributed by atoms with Crippen LogP contribution in [-0.4, -0.2) is 11.7 Å². The van der Waals surface area contributed by atoms with Crippen LogP contribution in [0.5, 0.6) is 0 Å². The zero-order valence-electron chi connectivity index (χ0n) is 15.8. The molecule has 2 aromatic carbocycles. The average molecular weight is 381 g/mol. The molecule has 144 valence electrons. The standard InChI is InChI=1S/C23H21F2NO2/c1-23(2)12-19-22(20(27)13-23)16(14-6-4-3-5-7-14)11-21(28)26(19)18-9-8-15(24)10-17(18)25/h3-10,16H,11-13H2,1-2H3/t16-/m1/s1. The third-order valence-electron chi connectivity index (χ3n) is 5.50. The molecular weight excluding hydrogens is 360 g/mol. The summed E-state index contributed by atoms with van der Waals surface area (Å²) >= 11 is 0. The summed E-state index contributed by atoms with van der Waals surface area (Å²) in [7, 11) is 0. The molecule has 1 heterocycles. The molecule has 5 heteroatoms. The van der Waals surface area contributed by atoms with Gasteiger partial charge in [0.25, 0.3) is 0 Å². The van der Waals surface area contributed by atoms with Crippen LogP contribution in [0, 0.1) is 17.0 Å². The van der Waals surface area contributed by atoms with Crippen LogP contribution in [-0.2, 0) is 9.59 Å². The fourth-order valence-electron chi connectivity index (χ4n) is 4.33. The van der Waals surface area contributed by atoms with E-state index in [1.54, 1.807) is 0 Å². The third-order valence-corrected chi connectivity index (χ3v) is 5.50. The average Bonchev–Trinajstić information content (AvgIpc) is 2.62. The molecule has 4 rings (SSSR count). The molecule has 0 unspecified atom stereocenters. The van der Waals surface area contributed by atoms with Gasteiger partial charge in [-0.15, -0.1) is 0 Å². The second-order valence-corrected chi connectivity index (χ2v) is 8.29. The number of benzene rings is 2. The Hall–Kier alpha value is -2.82. The molecule has 28 heavy (non-hydrogen) atoms. The molecule has 0 spiro atoms. The summed E-state index contributed by atoms with van der Waals surface area (Å²) in [5.74, 6) is -2.16. The van der Waals surface area contributed by atoms with Gasteiger partial charge < -0.3 is 0 Å². The van der Waals surface area contributed by atoms with E-state index in [0.717, 1.165) is 17.7 Å². The molecule has 2 aromatic rings. The molecule has 3 nitrogen and oxygen atoms in total. The number of rotatable bonds is 2. The minimum atomic E-state index is -0.811. The van der Waals surface area contributed by atoms with Crippen LogP contribution in [0.3, 0.4) is 0 Å². The number of Topliss-reactive ketones (excluding diaryl/α,β-unsaturated/α-hetero) is 1. The summed E-state index contributed by atoms with van der Waals surface area (Å²) < 4.78 is 27.9. The molecule has 0 radical (unpaired) electrons. The van der Waals surface area contributed by atoms with Gasteiger partial charge in [0.2, 0.25) is 5.91 Å². The third kappa shape index (κ3) is 3.15. The van der Waals surface area contributed by atoms with Crippen molar-refractivity contribution in [3.8, 4) is 0 Å². The van der Waals surface area contributed by atoms with Crippen molar-refractivity contribution in [2.75, 3.05) is 4.90 Å². The molecule has 0 saturated heterocycles. The lowest BCUT2D eigenvalue weighted by Gasteiger charge is -2.43. The predicted molar refractivity (Wildman–Crippen MR) is 103 cm³/mol. The van der Waals surface area contributed by atoms with E-state index < -0.39 is 11.6 Å². The first-order valence-corrected chi connectivity index (χ1v) is 9.36. The Bertz CT molecular complexity index is 995. The molecule has 0 fully saturated rings. The molecule has 1 atom stereocenters. The molecule has 0 saturated carbocycles. The predicted octanol–water partition coefficient (Wildman–Crippen LogP) is 5.13. The summed E-state index contributed by atoms with van der Waals surface area (Å²) in [6.07, 6.45) is 0.925. The van der Waals surface area contributed by atoms with Crippen molar-refractivity contribution in [2.24, 2.45) is 5.41 Å². The maximum absolute atomic E-state index is 14.5. The zero-order valence-corrected chi connectivity index (χ0v) is 15.8. The Labute approximate surface area is 162 Å². The molecule has 1 aliphatic carbocycles. The van der Waals surface area contributed by atoms with Crippen molar-refractivity contribution in [2.45, 2.75) is 39.0 Å². The van der Waals surface area contributed by atoms with E-state index in [-0.39, 0.29) is 35.1 Å². The minimum absolute atomic E-state index is 0.00379. The van der Waals surface area contributed by atoms with Gasteiger partial charge in [-0.2, -0.15) is 0 Å². The number of amides is 1.